The van der Waals surface area contributed by atoms with E-state index in [9.17, 15) is 4.79 Å². The van der Waals surface area contributed by atoms with Gasteiger partial charge in [0.1, 0.15) is 5.56 Å². The van der Waals surface area contributed by atoms with Gasteiger partial charge in [-0.15, -0.1) is 0 Å². The summed E-state index contributed by atoms with van der Waals surface area (Å²) in [4.78, 5) is 10.8. The van der Waals surface area contributed by atoms with E-state index in [1.165, 1.54) is 0 Å². The van der Waals surface area contributed by atoms with Crippen LogP contribution in [0.3, 0.4) is 0 Å². The number of carbonyl (C=O) groups is 1. The summed E-state index contributed by atoms with van der Waals surface area (Å²) in [5.41, 5.74) is 1.02. The Bertz CT molecular complexity index is 329. The van der Waals surface area contributed by atoms with Crippen LogP contribution in [0, 0.1) is 5.92 Å². The van der Waals surface area contributed by atoms with Crippen molar-refractivity contribution in [1.29, 1.82) is 0 Å². The SMILES string of the molecule is CC(C)CCc1nn(C)cc1C(=O)O. The monoisotopic (exact) mass is 196 g/mol. The van der Waals surface area contributed by atoms with Crippen LogP contribution >= 0.6 is 0 Å². The van der Waals surface area contributed by atoms with Crippen molar-refractivity contribution in [2.75, 3.05) is 0 Å². The van der Waals surface area contributed by atoms with Gasteiger partial charge < -0.3 is 5.11 Å². The molecule has 0 fully saturated rings. The summed E-state index contributed by atoms with van der Waals surface area (Å²) in [6.45, 7) is 4.23. The molecular formula is C10H16N2O2. The Morgan fingerprint density at radius 3 is 2.79 bits per heavy atom. The lowest BCUT2D eigenvalue weighted by molar-refractivity contribution is 0.0695. The summed E-state index contributed by atoms with van der Waals surface area (Å²) in [5, 5.41) is 13.0. The lowest BCUT2D eigenvalue weighted by atomic mass is 10.0. The Hall–Kier alpha value is -1.32. The highest BCUT2D eigenvalue weighted by Gasteiger charge is 2.14. The van der Waals surface area contributed by atoms with Crippen LogP contribution in [0.1, 0.15) is 36.3 Å². The van der Waals surface area contributed by atoms with Crippen LogP contribution in [-0.4, -0.2) is 20.9 Å². The minimum absolute atomic E-state index is 0.327. The van der Waals surface area contributed by atoms with Crippen molar-refractivity contribution in [2.45, 2.75) is 26.7 Å². The first kappa shape index (κ1) is 10.8. The molecule has 0 aliphatic heterocycles. The molecule has 0 amide bonds. The fourth-order valence-corrected chi connectivity index (χ4v) is 1.32. The van der Waals surface area contributed by atoms with E-state index in [0.29, 0.717) is 17.2 Å². The zero-order valence-corrected chi connectivity index (χ0v) is 8.82. The summed E-state index contributed by atoms with van der Waals surface area (Å²) < 4.78 is 1.55. The lowest BCUT2D eigenvalue weighted by Gasteiger charge is -2.02. The third-order valence-electron chi connectivity index (χ3n) is 2.09. The van der Waals surface area contributed by atoms with E-state index < -0.39 is 5.97 Å². The highest BCUT2D eigenvalue weighted by molar-refractivity contribution is 5.88. The number of carboxylic acids is 1. The largest absolute Gasteiger partial charge is 0.478 e. The fourth-order valence-electron chi connectivity index (χ4n) is 1.32. The van der Waals surface area contributed by atoms with E-state index in [1.54, 1.807) is 17.9 Å². The van der Waals surface area contributed by atoms with E-state index in [4.69, 9.17) is 5.11 Å². The van der Waals surface area contributed by atoms with E-state index in [-0.39, 0.29) is 0 Å². The molecule has 1 aromatic rings. The number of hydrogen-bond acceptors (Lipinski definition) is 2. The van der Waals surface area contributed by atoms with Gasteiger partial charge in [0.2, 0.25) is 0 Å². The molecule has 4 nitrogen and oxygen atoms in total. The van der Waals surface area contributed by atoms with E-state index >= 15 is 0 Å². The van der Waals surface area contributed by atoms with E-state index in [0.717, 1.165) is 12.8 Å². The summed E-state index contributed by atoms with van der Waals surface area (Å²) in [5.74, 6) is -0.324. The molecule has 0 saturated carbocycles. The average molecular weight is 196 g/mol. The van der Waals surface area contributed by atoms with Gasteiger partial charge in [-0.1, -0.05) is 13.8 Å². The van der Waals surface area contributed by atoms with E-state index in [1.807, 2.05) is 0 Å². The fraction of sp³-hybridized carbons (Fsp3) is 0.600. The number of rotatable bonds is 4. The molecule has 1 heterocycles. The Morgan fingerprint density at radius 2 is 2.29 bits per heavy atom. The molecule has 14 heavy (non-hydrogen) atoms. The molecule has 0 atom stereocenters. The van der Waals surface area contributed by atoms with Crippen LogP contribution in [0.5, 0.6) is 0 Å². The van der Waals surface area contributed by atoms with Crippen molar-refractivity contribution in [3.63, 3.8) is 0 Å². The summed E-state index contributed by atoms with van der Waals surface area (Å²) >= 11 is 0. The lowest BCUT2D eigenvalue weighted by Crippen LogP contribution is -2.01. The molecule has 0 unspecified atom stereocenters. The molecule has 0 aliphatic carbocycles. The van der Waals surface area contributed by atoms with Gasteiger partial charge in [-0.3, -0.25) is 4.68 Å². The third-order valence-corrected chi connectivity index (χ3v) is 2.09. The van der Waals surface area contributed by atoms with Crippen molar-refractivity contribution >= 4 is 5.97 Å². The first-order valence-electron chi connectivity index (χ1n) is 4.76. The average Bonchev–Trinajstić information content (AvgIpc) is 2.43. The normalized spacial score (nSPS) is 10.9. The van der Waals surface area contributed by atoms with Crippen LogP contribution in [0.4, 0.5) is 0 Å². The number of aromatic carboxylic acids is 1. The van der Waals surface area contributed by atoms with Crippen molar-refractivity contribution in [2.24, 2.45) is 13.0 Å². The van der Waals surface area contributed by atoms with Crippen LogP contribution in [0.15, 0.2) is 6.20 Å². The maximum absolute atomic E-state index is 10.8. The second kappa shape index (κ2) is 4.26. The number of aryl methyl sites for hydroxylation is 2. The second-order valence-corrected chi connectivity index (χ2v) is 3.90. The van der Waals surface area contributed by atoms with Gasteiger partial charge in [-0.05, 0) is 18.8 Å². The predicted octanol–water partition coefficient (Wildman–Crippen LogP) is 1.71. The smallest absolute Gasteiger partial charge is 0.339 e. The van der Waals surface area contributed by atoms with Crippen molar-refractivity contribution in [3.05, 3.63) is 17.5 Å². The standard InChI is InChI=1S/C10H16N2O2/c1-7(2)4-5-9-8(10(13)14)6-12(3)11-9/h6-7H,4-5H2,1-3H3,(H,13,14). The van der Waals surface area contributed by atoms with Gasteiger partial charge in [-0.25, -0.2) is 4.79 Å². The summed E-state index contributed by atoms with van der Waals surface area (Å²) in [7, 11) is 1.74. The zero-order valence-electron chi connectivity index (χ0n) is 8.82. The highest BCUT2D eigenvalue weighted by Crippen LogP contribution is 2.12. The van der Waals surface area contributed by atoms with Gasteiger partial charge in [0.15, 0.2) is 0 Å². The zero-order chi connectivity index (χ0) is 10.7. The highest BCUT2D eigenvalue weighted by atomic mass is 16.4. The van der Waals surface area contributed by atoms with Crippen LogP contribution in [0.2, 0.25) is 0 Å². The van der Waals surface area contributed by atoms with Crippen LogP contribution < -0.4 is 0 Å². The first-order chi connectivity index (χ1) is 6.50. The quantitative estimate of drug-likeness (QED) is 0.797. The Morgan fingerprint density at radius 1 is 1.64 bits per heavy atom. The number of hydrogen-bond donors (Lipinski definition) is 1. The Labute approximate surface area is 83.5 Å². The minimum Gasteiger partial charge on any atom is -0.478 e. The molecular weight excluding hydrogens is 180 g/mol. The molecule has 0 radical (unpaired) electrons. The second-order valence-electron chi connectivity index (χ2n) is 3.90. The number of carboxylic acid groups (broad SMARTS) is 1. The van der Waals surface area contributed by atoms with Gasteiger partial charge >= 0.3 is 5.97 Å². The van der Waals surface area contributed by atoms with E-state index in [2.05, 4.69) is 18.9 Å². The first-order valence-corrected chi connectivity index (χ1v) is 4.76. The summed E-state index contributed by atoms with van der Waals surface area (Å²) in [6, 6.07) is 0. The number of aromatic nitrogens is 2. The molecule has 1 N–H and O–H groups in total. The third kappa shape index (κ3) is 2.58. The Kier molecular flexibility index (Phi) is 3.28. The maximum Gasteiger partial charge on any atom is 0.339 e. The molecule has 1 aromatic heterocycles. The van der Waals surface area contributed by atoms with Crippen LogP contribution in [0.25, 0.3) is 0 Å². The van der Waals surface area contributed by atoms with Gasteiger partial charge in [0.25, 0.3) is 0 Å². The topological polar surface area (TPSA) is 55.1 Å². The molecule has 1 rings (SSSR count). The molecule has 4 heteroatoms. The summed E-state index contributed by atoms with van der Waals surface area (Å²) in [6.07, 6.45) is 3.26. The molecule has 0 bridgehead atoms. The van der Waals surface area contributed by atoms with Crippen LogP contribution in [-0.2, 0) is 13.5 Å². The Balaban J connectivity index is 2.79. The van der Waals surface area contributed by atoms with Gasteiger partial charge in [0.05, 0.1) is 5.69 Å². The molecule has 0 spiro atoms. The predicted molar refractivity (Wildman–Crippen MR) is 53.3 cm³/mol. The van der Waals surface area contributed by atoms with Crippen molar-refractivity contribution < 1.29 is 9.90 Å². The van der Waals surface area contributed by atoms with Crippen molar-refractivity contribution in [3.8, 4) is 0 Å². The maximum atomic E-state index is 10.8. The van der Waals surface area contributed by atoms with Gasteiger partial charge in [-0.2, -0.15) is 5.10 Å². The van der Waals surface area contributed by atoms with Crippen molar-refractivity contribution in [1.82, 2.24) is 9.78 Å². The van der Waals surface area contributed by atoms with Gasteiger partial charge in [0, 0.05) is 13.2 Å². The molecule has 78 valence electrons. The molecule has 0 saturated heterocycles. The minimum atomic E-state index is -0.892. The molecule has 0 aromatic carbocycles. The number of nitrogens with zero attached hydrogens (tertiary/aromatic N) is 2. The molecule has 0 aliphatic rings.